The molecule has 1 aliphatic rings. The molecule has 1 rings (SSSR count). The predicted octanol–water partition coefficient (Wildman–Crippen LogP) is 4.45. The van der Waals surface area contributed by atoms with Crippen LogP contribution in [0.3, 0.4) is 0 Å². The summed E-state index contributed by atoms with van der Waals surface area (Å²) in [5.74, 6) is 0. The SMILES string of the molecule is FC(F)(F)C(F)(Cl)OC1(Cl)C=C(Cl)C=CC1. The van der Waals surface area contributed by atoms with Gasteiger partial charge in [0.25, 0.3) is 0 Å². The molecule has 0 radical (unpaired) electrons. The monoisotopic (exact) mass is 298 g/mol. The highest BCUT2D eigenvalue weighted by atomic mass is 35.5. The first-order chi connectivity index (χ1) is 7.06. The topological polar surface area (TPSA) is 9.23 Å². The number of rotatable bonds is 2. The van der Waals surface area contributed by atoms with Crippen molar-refractivity contribution in [2.24, 2.45) is 0 Å². The van der Waals surface area contributed by atoms with Crippen LogP contribution in [0.25, 0.3) is 0 Å². The Hall–Kier alpha value is 0.0300. The molecule has 0 spiro atoms. The van der Waals surface area contributed by atoms with Crippen molar-refractivity contribution >= 4 is 34.8 Å². The van der Waals surface area contributed by atoms with Gasteiger partial charge in [-0.05, 0) is 23.8 Å². The Balaban J connectivity index is 2.86. The van der Waals surface area contributed by atoms with Crippen molar-refractivity contribution in [1.29, 1.82) is 0 Å². The molecular weight excluding hydrogens is 294 g/mol. The van der Waals surface area contributed by atoms with Gasteiger partial charge in [0.1, 0.15) is 0 Å². The molecule has 0 aliphatic heterocycles. The first-order valence-electron chi connectivity index (χ1n) is 3.94. The van der Waals surface area contributed by atoms with E-state index in [9.17, 15) is 17.6 Å². The van der Waals surface area contributed by atoms with Crippen molar-refractivity contribution in [3.05, 3.63) is 23.3 Å². The molecule has 0 aromatic heterocycles. The Morgan fingerprint density at radius 1 is 1.31 bits per heavy atom. The second-order valence-corrected chi connectivity index (χ2v) is 4.60. The van der Waals surface area contributed by atoms with E-state index in [-0.39, 0.29) is 11.5 Å². The van der Waals surface area contributed by atoms with Gasteiger partial charge in [-0.25, -0.2) is 0 Å². The van der Waals surface area contributed by atoms with Crippen LogP contribution in [-0.2, 0) is 4.74 Å². The largest absolute Gasteiger partial charge is 0.464 e. The third kappa shape index (κ3) is 3.26. The molecule has 0 saturated carbocycles. The van der Waals surface area contributed by atoms with E-state index in [1.165, 1.54) is 12.2 Å². The van der Waals surface area contributed by atoms with Gasteiger partial charge in [-0.3, -0.25) is 0 Å². The van der Waals surface area contributed by atoms with Crippen LogP contribution in [0.5, 0.6) is 0 Å². The summed E-state index contributed by atoms with van der Waals surface area (Å²) in [6.07, 6.45) is -1.89. The average Bonchev–Trinajstić information content (AvgIpc) is 1.98. The summed E-state index contributed by atoms with van der Waals surface area (Å²) >= 11 is 15.7. The summed E-state index contributed by atoms with van der Waals surface area (Å²) in [7, 11) is 0. The summed E-state index contributed by atoms with van der Waals surface area (Å²) in [6.45, 7) is 0. The number of allylic oxidation sites excluding steroid dienone is 2. The van der Waals surface area contributed by atoms with Crippen molar-refractivity contribution in [1.82, 2.24) is 0 Å². The lowest BCUT2D eigenvalue weighted by Gasteiger charge is -2.31. The molecule has 0 fully saturated rings. The van der Waals surface area contributed by atoms with Crippen LogP contribution in [0.4, 0.5) is 17.6 Å². The standard InChI is InChI=1S/C8H5Cl3F4O/c9-5-2-1-3-6(10,4-5)16-7(11,12)8(13,14)15/h1-2,4H,3H2. The molecule has 0 saturated heterocycles. The van der Waals surface area contributed by atoms with Crippen LogP contribution in [-0.4, -0.2) is 16.6 Å². The fourth-order valence-electron chi connectivity index (χ4n) is 0.987. The Kier molecular flexibility index (Phi) is 3.85. The maximum atomic E-state index is 13.0. The second-order valence-electron chi connectivity index (χ2n) is 3.04. The van der Waals surface area contributed by atoms with Crippen LogP contribution >= 0.6 is 34.8 Å². The van der Waals surface area contributed by atoms with Gasteiger partial charge in [-0.1, -0.05) is 29.3 Å². The maximum Gasteiger partial charge on any atom is 0.464 e. The van der Waals surface area contributed by atoms with Gasteiger partial charge in [-0.15, -0.1) is 0 Å². The Morgan fingerprint density at radius 3 is 2.31 bits per heavy atom. The second kappa shape index (κ2) is 4.37. The quantitative estimate of drug-likeness (QED) is 0.541. The lowest BCUT2D eigenvalue weighted by Crippen LogP contribution is -2.44. The molecule has 2 atom stereocenters. The third-order valence-corrected chi connectivity index (χ3v) is 2.52. The molecule has 0 bridgehead atoms. The maximum absolute atomic E-state index is 13.0. The highest BCUT2D eigenvalue weighted by Gasteiger charge is 2.60. The first-order valence-corrected chi connectivity index (χ1v) is 5.08. The zero-order chi connectivity index (χ0) is 12.6. The predicted molar refractivity (Wildman–Crippen MR) is 53.1 cm³/mol. The number of ether oxygens (including phenoxy) is 1. The van der Waals surface area contributed by atoms with Gasteiger partial charge in [0.15, 0.2) is 5.06 Å². The first kappa shape index (κ1) is 14.1. The number of alkyl halides is 6. The highest BCUT2D eigenvalue weighted by molar-refractivity contribution is 6.33. The van der Waals surface area contributed by atoms with Crippen LogP contribution in [0.1, 0.15) is 6.42 Å². The number of halogens is 7. The zero-order valence-corrected chi connectivity index (χ0v) is 9.76. The van der Waals surface area contributed by atoms with E-state index < -0.39 is 16.6 Å². The third-order valence-electron chi connectivity index (χ3n) is 1.65. The molecule has 8 heteroatoms. The van der Waals surface area contributed by atoms with Gasteiger partial charge in [0, 0.05) is 11.5 Å². The minimum atomic E-state index is -5.39. The molecule has 2 unspecified atom stereocenters. The summed E-state index contributed by atoms with van der Waals surface area (Å²) < 4.78 is 53.3. The summed E-state index contributed by atoms with van der Waals surface area (Å²) in [6, 6.07) is 0. The van der Waals surface area contributed by atoms with E-state index in [0.29, 0.717) is 0 Å². The van der Waals surface area contributed by atoms with E-state index in [2.05, 4.69) is 16.3 Å². The van der Waals surface area contributed by atoms with Crippen LogP contribution in [0, 0.1) is 0 Å². The molecule has 92 valence electrons. The van der Waals surface area contributed by atoms with E-state index in [4.69, 9.17) is 23.2 Å². The number of hydrogen-bond donors (Lipinski definition) is 0. The highest BCUT2D eigenvalue weighted by Crippen LogP contribution is 2.45. The Bertz CT molecular complexity index is 337. The van der Waals surface area contributed by atoms with Crippen molar-refractivity contribution < 1.29 is 22.3 Å². The van der Waals surface area contributed by atoms with Crippen molar-refractivity contribution in [3.63, 3.8) is 0 Å². The fraction of sp³-hybridized carbons (Fsp3) is 0.500. The Morgan fingerprint density at radius 2 is 1.88 bits per heavy atom. The van der Waals surface area contributed by atoms with Gasteiger partial charge < -0.3 is 4.74 Å². The van der Waals surface area contributed by atoms with Crippen LogP contribution < -0.4 is 0 Å². The van der Waals surface area contributed by atoms with E-state index in [1.807, 2.05) is 0 Å². The van der Waals surface area contributed by atoms with E-state index in [1.54, 1.807) is 0 Å². The van der Waals surface area contributed by atoms with E-state index >= 15 is 0 Å². The van der Waals surface area contributed by atoms with E-state index in [0.717, 1.165) is 6.08 Å². The summed E-state index contributed by atoms with van der Waals surface area (Å²) in [5.41, 5.74) is 0. The van der Waals surface area contributed by atoms with Gasteiger partial charge in [0.05, 0.1) is 0 Å². The average molecular weight is 299 g/mol. The lowest BCUT2D eigenvalue weighted by atomic mass is 10.1. The zero-order valence-electron chi connectivity index (χ0n) is 7.49. The molecule has 0 N–H and O–H groups in total. The van der Waals surface area contributed by atoms with Crippen molar-refractivity contribution in [2.45, 2.75) is 23.0 Å². The molecular formula is C8H5Cl3F4O. The smallest absolute Gasteiger partial charge is 0.300 e. The Labute approximate surface area is 104 Å². The van der Waals surface area contributed by atoms with Gasteiger partial charge >= 0.3 is 11.5 Å². The molecule has 0 heterocycles. The van der Waals surface area contributed by atoms with Crippen molar-refractivity contribution in [3.8, 4) is 0 Å². The van der Waals surface area contributed by atoms with Crippen LogP contribution in [0.15, 0.2) is 23.3 Å². The molecule has 16 heavy (non-hydrogen) atoms. The number of hydrogen-bond acceptors (Lipinski definition) is 1. The minimum Gasteiger partial charge on any atom is -0.300 e. The molecule has 1 nitrogen and oxygen atoms in total. The molecule has 0 aromatic rings. The van der Waals surface area contributed by atoms with Gasteiger partial charge in [0.2, 0.25) is 0 Å². The summed E-state index contributed by atoms with van der Waals surface area (Å²) in [5, 5.41) is -6.36. The molecule has 0 amide bonds. The van der Waals surface area contributed by atoms with Crippen molar-refractivity contribution in [2.75, 3.05) is 0 Å². The summed E-state index contributed by atoms with van der Waals surface area (Å²) in [4.78, 5) is 0. The van der Waals surface area contributed by atoms with Gasteiger partial charge in [-0.2, -0.15) is 17.6 Å². The normalized spacial score (nSPS) is 29.8. The molecule has 0 aromatic carbocycles. The fourth-order valence-corrected chi connectivity index (χ4v) is 1.80. The molecule has 1 aliphatic carbocycles. The minimum absolute atomic E-state index is 0.0379. The lowest BCUT2D eigenvalue weighted by molar-refractivity contribution is -0.303. The van der Waals surface area contributed by atoms with Crippen LogP contribution in [0.2, 0.25) is 0 Å².